The van der Waals surface area contributed by atoms with Gasteiger partial charge in [-0.1, -0.05) is 37.3 Å². The maximum absolute atomic E-state index is 11.8. The van der Waals surface area contributed by atoms with Crippen LogP contribution in [0.15, 0.2) is 42.1 Å². The fourth-order valence-electron chi connectivity index (χ4n) is 3.02. The second-order valence-electron chi connectivity index (χ2n) is 5.32. The monoisotopic (exact) mass is 257 g/mol. The minimum absolute atomic E-state index is 0.158. The molecule has 0 spiro atoms. The third-order valence-electron chi connectivity index (χ3n) is 4.03. The fourth-order valence-corrected chi connectivity index (χ4v) is 3.02. The van der Waals surface area contributed by atoms with Crippen LogP contribution in [0, 0.1) is 5.92 Å². The third-order valence-corrected chi connectivity index (χ3v) is 4.03. The van der Waals surface area contributed by atoms with Crippen molar-refractivity contribution in [3.05, 3.63) is 47.7 Å². The lowest BCUT2D eigenvalue weighted by atomic mass is 9.91. The minimum atomic E-state index is -0.214. The first-order valence-electron chi connectivity index (χ1n) is 6.98. The Hall–Kier alpha value is -1.77. The summed E-state index contributed by atoms with van der Waals surface area (Å²) in [5, 5.41) is 0. The van der Waals surface area contributed by atoms with Crippen LogP contribution >= 0.6 is 0 Å². The van der Waals surface area contributed by atoms with Crippen LogP contribution in [0.25, 0.3) is 0 Å². The van der Waals surface area contributed by atoms with Gasteiger partial charge in [0.2, 0.25) is 0 Å². The molecule has 3 heteroatoms. The number of hydrogen-bond donors (Lipinski definition) is 0. The van der Waals surface area contributed by atoms with Gasteiger partial charge < -0.3 is 9.64 Å². The molecule has 19 heavy (non-hydrogen) atoms. The van der Waals surface area contributed by atoms with E-state index in [1.165, 1.54) is 12.8 Å². The highest BCUT2D eigenvalue weighted by atomic mass is 16.5. The number of carbonyl (C=O) groups excluding carboxylic acids is 1. The molecule has 2 aliphatic heterocycles. The lowest BCUT2D eigenvalue weighted by molar-refractivity contribution is -0.147. The molecular weight excluding hydrogens is 238 g/mol. The number of nitrogens with zero attached hydrogens (tertiary/aromatic N) is 1. The Labute approximate surface area is 113 Å². The Morgan fingerprint density at radius 3 is 2.53 bits per heavy atom. The molecule has 0 bridgehead atoms. The highest BCUT2D eigenvalue weighted by molar-refractivity contribution is 5.84. The number of rotatable bonds is 2. The molecule has 1 aromatic rings. The lowest BCUT2D eigenvalue weighted by Crippen LogP contribution is -2.32. The highest BCUT2D eigenvalue weighted by Gasteiger charge is 2.33. The molecule has 2 heterocycles. The van der Waals surface area contributed by atoms with Crippen molar-refractivity contribution >= 4 is 5.97 Å². The molecule has 3 rings (SSSR count). The number of cyclic esters (lactones) is 1. The molecule has 0 aromatic heterocycles. The predicted molar refractivity (Wildman–Crippen MR) is 73.3 cm³/mol. The smallest absolute Gasteiger partial charge is 0.333 e. The number of hydrogen-bond acceptors (Lipinski definition) is 3. The largest absolute Gasteiger partial charge is 0.454 e. The van der Waals surface area contributed by atoms with E-state index in [4.69, 9.17) is 4.74 Å². The number of carbonyl (C=O) groups is 1. The van der Waals surface area contributed by atoms with Crippen molar-refractivity contribution in [2.45, 2.75) is 25.9 Å². The summed E-state index contributed by atoms with van der Waals surface area (Å²) < 4.78 is 5.53. The summed E-state index contributed by atoms with van der Waals surface area (Å²) in [5.74, 6) is 0.00653. The van der Waals surface area contributed by atoms with E-state index in [9.17, 15) is 4.79 Å². The van der Waals surface area contributed by atoms with Gasteiger partial charge in [-0.3, -0.25) is 0 Å². The number of esters is 1. The first-order chi connectivity index (χ1) is 9.25. The Morgan fingerprint density at radius 1 is 1.16 bits per heavy atom. The molecule has 2 aliphatic rings. The molecule has 0 unspecified atom stereocenters. The summed E-state index contributed by atoms with van der Waals surface area (Å²) in [7, 11) is 0. The van der Waals surface area contributed by atoms with Gasteiger partial charge >= 0.3 is 5.97 Å². The third kappa shape index (κ3) is 2.37. The van der Waals surface area contributed by atoms with Crippen molar-refractivity contribution in [2.75, 3.05) is 13.1 Å². The van der Waals surface area contributed by atoms with Crippen LogP contribution in [0.2, 0.25) is 0 Å². The van der Waals surface area contributed by atoms with E-state index < -0.39 is 0 Å². The van der Waals surface area contributed by atoms with Gasteiger partial charge in [-0.05, 0) is 18.4 Å². The van der Waals surface area contributed by atoms with Gasteiger partial charge in [-0.25, -0.2) is 4.79 Å². The summed E-state index contributed by atoms with van der Waals surface area (Å²) >= 11 is 0. The van der Waals surface area contributed by atoms with Crippen molar-refractivity contribution in [1.29, 1.82) is 0 Å². The highest BCUT2D eigenvalue weighted by Crippen LogP contribution is 2.37. The number of ether oxygens (including phenoxy) is 1. The van der Waals surface area contributed by atoms with Crippen LogP contribution in [0.4, 0.5) is 0 Å². The Morgan fingerprint density at radius 2 is 1.84 bits per heavy atom. The normalized spacial score (nSPS) is 27.1. The second kappa shape index (κ2) is 5.08. The molecular formula is C16H19NO2. The second-order valence-corrected chi connectivity index (χ2v) is 5.32. The van der Waals surface area contributed by atoms with E-state index >= 15 is 0 Å². The maximum Gasteiger partial charge on any atom is 0.333 e. The van der Waals surface area contributed by atoms with Crippen molar-refractivity contribution in [3.8, 4) is 0 Å². The zero-order valence-corrected chi connectivity index (χ0v) is 11.2. The Bertz CT molecular complexity index is 489. The van der Waals surface area contributed by atoms with Gasteiger partial charge in [0, 0.05) is 30.8 Å². The topological polar surface area (TPSA) is 29.5 Å². The fraction of sp³-hybridized carbons (Fsp3) is 0.438. The molecule has 100 valence electrons. The van der Waals surface area contributed by atoms with Crippen molar-refractivity contribution < 1.29 is 9.53 Å². The van der Waals surface area contributed by atoms with Crippen LogP contribution in [-0.4, -0.2) is 24.0 Å². The van der Waals surface area contributed by atoms with E-state index in [1.807, 2.05) is 30.3 Å². The molecule has 0 saturated carbocycles. The average Bonchev–Trinajstić information content (AvgIpc) is 2.96. The maximum atomic E-state index is 11.8. The van der Waals surface area contributed by atoms with Gasteiger partial charge in [-0.15, -0.1) is 0 Å². The SMILES string of the molecule is C[C@@H]1C(N2CCCC2)=CC(=O)O[C@@H]1c1ccccc1. The number of benzene rings is 1. The van der Waals surface area contributed by atoms with Gasteiger partial charge in [0.25, 0.3) is 0 Å². The van der Waals surface area contributed by atoms with E-state index in [1.54, 1.807) is 6.08 Å². The summed E-state index contributed by atoms with van der Waals surface area (Å²) in [4.78, 5) is 14.2. The molecule has 0 amide bonds. The summed E-state index contributed by atoms with van der Waals surface area (Å²) in [5.41, 5.74) is 2.22. The predicted octanol–water partition coefficient (Wildman–Crippen LogP) is 2.90. The van der Waals surface area contributed by atoms with Crippen molar-refractivity contribution in [1.82, 2.24) is 4.90 Å². The molecule has 0 N–H and O–H groups in total. The van der Waals surface area contributed by atoms with E-state index in [0.717, 1.165) is 24.4 Å². The van der Waals surface area contributed by atoms with Crippen molar-refractivity contribution in [2.24, 2.45) is 5.92 Å². The molecule has 0 aliphatic carbocycles. The molecule has 1 fully saturated rings. The van der Waals surface area contributed by atoms with E-state index in [0.29, 0.717) is 0 Å². The first-order valence-corrected chi connectivity index (χ1v) is 6.98. The van der Waals surface area contributed by atoms with Gasteiger partial charge in [0.15, 0.2) is 0 Å². The quantitative estimate of drug-likeness (QED) is 0.763. The first kappa shape index (κ1) is 12.3. The summed E-state index contributed by atoms with van der Waals surface area (Å²) in [6, 6.07) is 10.0. The van der Waals surface area contributed by atoms with Crippen LogP contribution < -0.4 is 0 Å². The van der Waals surface area contributed by atoms with Gasteiger partial charge in [0.1, 0.15) is 6.10 Å². The Balaban J connectivity index is 1.88. The van der Waals surface area contributed by atoms with Crippen LogP contribution in [-0.2, 0) is 9.53 Å². The summed E-state index contributed by atoms with van der Waals surface area (Å²) in [6.45, 7) is 4.27. The molecule has 0 radical (unpaired) electrons. The molecule has 1 aromatic carbocycles. The summed E-state index contributed by atoms with van der Waals surface area (Å²) in [6.07, 6.45) is 3.95. The molecule has 1 saturated heterocycles. The van der Waals surface area contributed by atoms with Crippen LogP contribution in [0.1, 0.15) is 31.4 Å². The standard InChI is InChI=1S/C16H19NO2/c1-12-14(17-9-5-6-10-17)11-15(18)19-16(12)13-7-3-2-4-8-13/h2-4,7-8,11-12,16H,5-6,9-10H2,1H3/t12-,16+/m1/s1. The number of likely N-dealkylation sites (tertiary alicyclic amines) is 1. The zero-order valence-electron chi connectivity index (χ0n) is 11.2. The van der Waals surface area contributed by atoms with Gasteiger partial charge in [-0.2, -0.15) is 0 Å². The zero-order chi connectivity index (χ0) is 13.2. The Kier molecular flexibility index (Phi) is 3.28. The van der Waals surface area contributed by atoms with Crippen LogP contribution in [0.3, 0.4) is 0 Å². The van der Waals surface area contributed by atoms with Gasteiger partial charge in [0.05, 0.1) is 0 Å². The lowest BCUT2D eigenvalue weighted by Gasteiger charge is -2.34. The van der Waals surface area contributed by atoms with Crippen LogP contribution in [0.5, 0.6) is 0 Å². The minimum Gasteiger partial charge on any atom is -0.454 e. The average molecular weight is 257 g/mol. The van der Waals surface area contributed by atoms with Crippen molar-refractivity contribution in [3.63, 3.8) is 0 Å². The molecule has 3 nitrogen and oxygen atoms in total. The van der Waals surface area contributed by atoms with E-state index in [-0.39, 0.29) is 18.0 Å². The van der Waals surface area contributed by atoms with E-state index in [2.05, 4.69) is 11.8 Å². The molecule has 2 atom stereocenters.